The SMILES string of the molecule is COC(=O)C1=C(C(=O)OC)N(c2cc(C(=O)O)ccc2OCC(F)F)C(N)=C(C#N)C1c1ccccc1. The van der Waals surface area contributed by atoms with Gasteiger partial charge in [0.2, 0.25) is 0 Å². The summed E-state index contributed by atoms with van der Waals surface area (Å²) in [5, 5.41) is 19.6. The Labute approximate surface area is 209 Å². The van der Waals surface area contributed by atoms with Crippen LogP contribution in [0.4, 0.5) is 14.5 Å². The van der Waals surface area contributed by atoms with E-state index in [0.29, 0.717) is 5.56 Å². The van der Waals surface area contributed by atoms with Gasteiger partial charge in [0.1, 0.15) is 23.9 Å². The Hall–Kier alpha value is -4.92. The van der Waals surface area contributed by atoms with Gasteiger partial charge in [-0.3, -0.25) is 4.90 Å². The molecule has 0 aliphatic carbocycles. The van der Waals surface area contributed by atoms with E-state index < -0.39 is 42.6 Å². The molecule has 0 spiro atoms. The largest absolute Gasteiger partial charge is 0.485 e. The molecule has 1 aliphatic heterocycles. The number of nitrogens with two attached hydrogens (primary N) is 1. The number of rotatable bonds is 8. The number of carbonyl (C=O) groups excluding carboxylic acids is 2. The van der Waals surface area contributed by atoms with Crippen LogP contribution in [0.2, 0.25) is 0 Å². The molecule has 192 valence electrons. The van der Waals surface area contributed by atoms with Crippen molar-refractivity contribution in [2.75, 3.05) is 25.7 Å². The Kier molecular flexibility index (Phi) is 8.09. The van der Waals surface area contributed by atoms with E-state index in [1.54, 1.807) is 30.3 Å². The maximum Gasteiger partial charge on any atom is 0.355 e. The van der Waals surface area contributed by atoms with Crippen LogP contribution in [-0.2, 0) is 19.1 Å². The van der Waals surface area contributed by atoms with Crippen LogP contribution in [0.15, 0.2) is 71.2 Å². The molecular weight excluding hydrogens is 492 g/mol. The van der Waals surface area contributed by atoms with Crippen molar-refractivity contribution in [2.24, 2.45) is 5.73 Å². The first kappa shape index (κ1) is 26.7. The molecule has 0 bridgehead atoms. The van der Waals surface area contributed by atoms with Crippen molar-refractivity contribution in [2.45, 2.75) is 12.3 Å². The molecule has 0 radical (unpaired) electrons. The zero-order chi connectivity index (χ0) is 27.3. The number of carboxylic acid groups (broad SMARTS) is 1. The lowest BCUT2D eigenvalue weighted by atomic mass is 9.81. The Morgan fingerprint density at radius 1 is 1.11 bits per heavy atom. The zero-order valence-electron chi connectivity index (χ0n) is 19.6. The van der Waals surface area contributed by atoms with Gasteiger partial charge < -0.3 is 25.1 Å². The third-order valence-corrected chi connectivity index (χ3v) is 5.42. The van der Waals surface area contributed by atoms with Gasteiger partial charge in [-0.05, 0) is 23.8 Å². The number of esters is 2. The number of allylic oxidation sites excluding steroid dienone is 1. The van der Waals surface area contributed by atoms with E-state index in [9.17, 15) is 33.5 Å². The van der Waals surface area contributed by atoms with Crippen molar-refractivity contribution in [1.29, 1.82) is 5.26 Å². The molecule has 37 heavy (non-hydrogen) atoms. The number of methoxy groups -OCH3 is 2. The highest BCUT2D eigenvalue weighted by atomic mass is 19.3. The predicted octanol–water partition coefficient (Wildman–Crippen LogP) is 2.93. The molecule has 10 nitrogen and oxygen atoms in total. The lowest BCUT2D eigenvalue weighted by Gasteiger charge is -2.36. The second kappa shape index (κ2) is 11.2. The van der Waals surface area contributed by atoms with Gasteiger partial charge in [-0.2, -0.15) is 5.26 Å². The topological polar surface area (TPSA) is 152 Å². The summed E-state index contributed by atoms with van der Waals surface area (Å²) in [6, 6.07) is 13.3. The Bertz CT molecular complexity index is 1330. The first-order chi connectivity index (χ1) is 17.7. The standard InChI is InChI=1S/C25H21F2N3O7/c1-35-24(33)20-19(13-6-4-3-5-7-13)15(11-28)22(29)30(21(20)25(34)36-2)16-10-14(23(31)32)8-9-17(16)37-12-18(26)27/h3-10,18-19H,12,29H2,1-2H3,(H,31,32). The van der Waals surface area contributed by atoms with E-state index >= 15 is 0 Å². The average Bonchev–Trinajstić information content (AvgIpc) is 2.90. The Morgan fingerprint density at radius 3 is 2.30 bits per heavy atom. The fraction of sp³-hybridized carbons (Fsp3) is 0.200. The molecular formula is C25H21F2N3O7. The van der Waals surface area contributed by atoms with Crippen molar-refractivity contribution in [3.8, 4) is 11.8 Å². The second-order valence-corrected chi connectivity index (χ2v) is 7.53. The highest BCUT2D eigenvalue weighted by molar-refractivity contribution is 6.07. The van der Waals surface area contributed by atoms with Gasteiger partial charge in [-0.15, -0.1) is 0 Å². The zero-order valence-corrected chi connectivity index (χ0v) is 19.6. The average molecular weight is 513 g/mol. The molecule has 2 aromatic rings. The van der Waals surface area contributed by atoms with E-state index in [2.05, 4.69) is 0 Å². The van der Waals surface area contributed by atoms with Crippen LogP contribution >= 0.6 is 0 Å². The first-order valence-electron chi connectivity index (χ1n) is 10.6. The monoisotopic (exact) mass is 513 g/mol. The number of carboxylic acids is 1. The summed E-state index contributed by atoms with van der Waals surface area (Å²) in [6.07, 6.45) is -2.89. The van der Waals surface area contributed by atoms with Gasteiger partial charge in [0.25, 0.3) is 6.43 Å². The third-order valence-electron chi connectivity index (χ3n) is 5.42. The number of carbonyl (C=O) groups is 3. The molecule has 0 saturated carbocycles. The number of aromatic carboxylic acids is 1. The fourth-order valence-electron chi connectivity index (χ4n) is 3.86. The minimum Gasteiger partial charge on any atom is -0.485 e. The maximum absolute atomic E-state index is 13.1. The molecule has 0 fully saturated rings. The molecule has 12 heteroatoms. The van der Waals surface area contributed by atoms with Crippen molar-refractivity contribution in [3.63, 3.8) is 0 Å². The number of hydrogen-bond acceptors (Lipinski definition) is 9. The van der Waals surface area contributed by atoms with Crippen LogP contribution in [0, 0.1) is 11.3 Å². The highest BCUT2D eigenvalue weighted by Gasteiger charge is 2.43. The number of nitrogens with zero attached hydrogens (tertiary/aromatic N) is 2. The number of anilines is 1. The van der Waals surface area contributed by atoms with Crippen LogP contribution in [0.3, 0.4) is 0 Å². The van der Waals surface area contributed by atoms with E-state index in [4.69, 9.17) is 19.9 Å². The summed E-state index contributed by atoms with van der Waals surface area (Å²) in [7, 11) is 2.09. The Morgan fingerprint density at radius 2 is 1.76 bits per heavy atom. The van der Waals surface area contributed by atoms with Crippen LogP contribution in [0.1, 0.15) is 21.8 Å². The molecule has 0 saturated heterocycles. The van der Waals surface area contributed by atoms with Crippen LogP contribution in [0.5, 0.6) is 5.75 Å². The minimum absolute atomic E-state index is 0.195. The third kappa shape index (κ3) is 5.20. The molecule has 3 N–H and O–H groups in total. The molecule has 1 heterocycles. The number of alkyl halides is 2. The van der Waals surface area contributed by atoms with Gasteiger partial charge in [-0.1, -0.05) is 30.3 Å². The molecule has 0 aromatic heterocycles. The first-order valence-corrected chi connectivity index (χ1v) is 10.6. The molecule has 1 unspecified atom stereocenters. The van der Waals surface area contributed by atoms with Crippen molar-refractivity contribution in [3.05, 3.63) is 82.3 Å². The number of nitriles is 1. The van der Waals surface area contributed by atoms with E-state index in [0.717, 1.165) is 37.3 Å². The summed E-state index contributed by atoms with van der Waals surface area (Å²) >= 11 is 0. The van der Waals surface area contributed by atoms with E-state index in [-0.39, 0.29) is 34.0 Å². The van der Waals surface area contributed by atoms with Crippen molar-refractivity contribution >= 4 is 23.6 Å². The highest BCUT2D eigenvalue weighted by Crippen LogP contribution is 2.45. The summed E-state index contributed by atoms with van der Waals surface area (Å²) in [5.74, 6) is -5.34. The van der Waals surface area contributed by atoms with Crippen LogP contribution < -0.4 is 15.4 Å². The lowest BCUT2D eigenvalue weighted by Crippen LogP contribution is -2.41. The number of benzene rings is 2. The summed E-state index contributed by atoms with van der Waals surface area (Å²) in [4.78, 5) is 38.8. The van der Waals surface area contributed by atoms with Crippen molar-refractivity contribution < 1.29 is 42.5 Å². The summed E-state index contributed by atoms with van der Waals surface area (Å²) in [5.41, 5.74) is 5.13. The van der Waals surface area contributed by atoms with Gasteiger partial charge in [-0.25, -0.2) is 23.2 Å². The van der Waals surface area contributed by atoms with Gasteiger partial charge in [0.05, 0.1) is 48.6 Å². The summed E-state index contributed by atoms with van der Waals surface area (Å²) < 4.78 is 40.9. The minimum atomic E-state index is -2.89. The normalized spacial score (nSPS) is 15.4. The fourth-order valence-corrected chi connectivity index (χ4v) is 3.86. The van der Waals surface area contributed by atoms with Gasteiger partial charge in [0.15, 0.2) is 0 Å². The predicted molar refractivity (Wildman–Crippen MR) is 124 cm³/mol. The molecule has 3 rings (SSSR count). The van der Waals surface area contributed by atoms with Gasteiger partial charge in [0, 0.05) is 0 Å². The van der Waals surface area contributed by atoms with Gasteiger partial charge >= 0.3 is 17.9 Å². The quantitative estimate of drug-likeness (QED) is 0.504. The maximum atomic E-state index is 13.1. The number of ether oxygens (including phenoxy) is 3. The van der Waals surface area contributed by atoms with Crippen LogP contribution in [-0.4, -0.2) is 50.3 Å². The molecule has 0 amide bonds. The summed E-state index contributed by atoms with van der Waals surface area (Å²) in [6.45, 7) is -1.07. The van der Waals surface area contributed by atoms with E-state index in [1.807, 2.05) is 6.07 Å². The van der Waals surface area contributed by atoms with Crippen LogP contribution in [0.25, 0.3) is 0 Å². The molecule has 1 atom stereocenters. The number of hydrogen-bond donors (Lipinski definition) is 2. The second-order valence-electron chi connectivity index (χ2n) is 7.53. The molecule has 2 aromatic carbocycles. The lowest BCUT2D eigenvalue weighted by molar-refractivity contribution is -0.139. The van der Waals surface area contributed by atoms with E-state index in [1.165, 1.54) is 0 Å². The molecule has 1 aliphatic rings. The Balaban J connectivity index is 2.44. The number of halogens is 2. The van der Waals surface area contributed by atoms with Crippen molar-refractivity contribution in [1.82, 2.24) is 0 Å². The smallest absolute Gasteiger partial charge is 0.355 e.